The van der Waals surface area contributed by atoms with Gasteiger partial charge in [-0.05, 0) is 36.3 Å². The van der Waals surface area contributed by atoms with Gasteiger partial charge in [-0.1, -0.05) is 0 Å². The number of carboxylic acids is 1. The lowest BCUT2D eigenvalue weighted by molar-refractivity contribution is -0.131. The van der Waals surface area contributed by atoms with E-state index in [0.29, 0.717) is 28.5 Å². The highest BCUT2D eigenvalue weighted by molar-refractivity contribution is 5.87. The third kappa shape index (κ3) is 2.55. The predicted octanol–water partition coefficient (Wildman–Crippen LogP) is 1.78. The Kier molecular flexibility index (Phi) is 3.57. The first kappa shape index (κ1) is 11.7. The fourth-order valence-corrected chi connectivity index (χ4v) is 1.36. The van der Waals surface area contributed by atoms with Gasteiger partial charge < -0.3 is 5.11 Å². The monoisotopic (exact) mass is 215 g/mol. The normalized spacial score (nSPS) is 10.0. The molecule has 80 valence electrons. The Labute approximate surface area is 92.4 Å². The Morgan fingerprint density at radius 3 is 2.69 bits per heavy atom. The molecule has 0 aliphatic rings. The number of aliphatic carboxylic acids is 1. The summed E-state index contributed by atoms with van der Waals surface area (Å²) in [5.74, 6) is -1.10. The second kappa shape index (κ2) is 4.89. The van der Waals surface area contributed by atoms with E-state index in [-0.39, 0.29) is 0 Å². The average molecular weight is 215 g/mol. The number of rotatable bonds is 3. The maximum atomic E-state index is 10.6. The van der Waals surface area contributed by atoms with E-state index in [1.165, 1.54) is 12.1 Å². The van der Waals surface area contributed by atoms with Gasteiger partial charge in [0.15, 0.2) is 0 Å². The fraction of sp³-hybridized carbons (Fsp3) is 0.0833. The van der Waals surface area contributed by atoms with Crippen LogP contribution >= 0.6 is 0 Å². The first-order valence-electron chi connectivity index (χ1n) is 4.49. The summed E-state index contributed by atoms with van der Waals surface area (Å²) >= 11 is 0. The number of carboxylic acid groups (broad SMARTS) is 1. The smallest absolute Gasteiger partial charge is 0.328 e. The molecule has 4 heteroatoms. The molecule has 0 unspecified atom stereocenters. The van der Waals surface area contributed by atoms with E-state index in [4.69, 9.17) is 10.4 Å². The summed E-state index contributed by atoms with van der Waals surface area (Å²) in [6.07, 6.45) is 2.90. The van der Waals surface area contributed by atoms with Crippen molar-refractivity contribution in [3.63, 3.8) is 0 Å². The summed E-state index contributed by atoms with van der Waals surface area (Å²) in [5.41, 5.74) is 1.88. The van der Waals surface area contributed by atoms with Gasteiger partial charge in [0, 0.05) is 11.6 Å². The largest absolute Gasteiger partial charge is 0.478 e. The van der Waals surface area contributed by atoms with Crippen molar-refractivity contribution < 1.29 is 14.7 Å². The number of benzene rings is 1. The SMILES string of the molecule is Cc1cc(C=O)cc(/C=C/C(=O)O)c1C#N. The molecule has 0 spiro atoms. The van der Waals surface area contributed by atoms with Crippen LogP contribution in [0.15, 0.2) is 18.2 Å². The first-order chi connectivity index (χ1) is 7.58. The van der Waals surface area contributed by atoms with Crippen LogP contribution in [0.5, 0.6) is 0 Å². The maximum Gasteiger partial charge on any atom is 0.328 e. The van der Waals surface area contributed by atoms with Crippen molar-refractivity contribution in [1.82, 2.24) is 0 Å². The van der Waals surface area contributed by atoms with Gasteiger partial charge in [-0.25, -0.2) is 4.79 Å². The Balaban J connectivity index is 3.35. The van der Waals surface area contributed by atoms with E-state index in [2.05, 4.69) is 0 Å². The summed E-state index contributed by atoms with van der Waals surface area (Å²) < 4.78 is 0. The molecule has 0 aromatic heterocycles. The highest BCUT2D eigenvalue weighted by atomic mass is 16.4. The Hall–Kier alpha value is -2.41. The minimum atomic E-state index is -1.10. The molecule has 0 amide bonds. The second-order valence-corrected chi connectivity index (χ2v) is 3.20. The predicted molar refractivity (Wildman–Crippen MR) is 58.0 cm³/mol. The zero-order valence-electron chi connectivity index (χ0n) is 8.60. The van der Waals surface area contributed by atoms with Crippen LogP contribution in [0.25, 0.3) is 6.08 Å². The van der Waals surface area contributed by atoms with Gasteiger partial charge in [0.05, 0.1) is 5.56 Å². The molecule has 0 aliphatic heterocycles. The van der Waals surface area contributed by atoms with Crippen molar-refractivity contribution >= 4 is 18.3 Å². The molecule has 0 heterocycles. The molecular weight excluding hydrogens is 206 g/mol. The van der Waals surface area contributed by atoms with Gasteiger partial charge in [-0.15, -0.1) is 0 Å². The molecule has 0 atom stereocenters. The number of hydrogen-bond donors (Lipinski definition) is 1. The lowest BCUT2D eigenvalue weighted by Gasteiger charge is -2.03. The molecule has 0 radical (unpaired) electrons. The van der Waals surface area contributed by atoms with Gasteiger partial charge >= 0.3 is 5.97 Å². The van der Waals surface area contributed by atoms with Gasteiger partial charge in [-0.3, -0.25) is 4.79 Å². The van der Waals surface area contributed by atoms with Crippen molar-refractivity contribution in [1.29, 1.82) is 5.26 Å². The fourth-order valence-electron chi connectivity index (χ4n) is 1.36. The van der Waals surface area contributed by atoms with E-state index in [1.54, 1.807) is 13.0 Å². The van der Waals surface area contributed by atoms with Crippen LogP contribution in [-0.4, -0.2) is 17.4 Å². The molecule has 0 saturated carbocycles. The molecule has 0 fully saturated rings. The molecule has 0 bridgehead atoms. The van der Waals surface area contributed by atoms with Crippen molar-refractivity contribution in [2.75, 3.05) is 0 Å². The van der Waals surface area contributed by atoms with Crippen molar-refractivity contribution in [2.45, 2.75) is 6.92 Å². The number of hydrogen-bond acceptors (Lipinski definition) is 3. The molecule has 1 aromatic rings. The standard InChI is InChI=1S/C12H9NO3/c1-8-4-9(7-14)5-10(11(8)6-13)2-3-12(15)16/h2-5,7H,1H3,(H,15,16)/b3-2+. The lowest BCUT2D eigenvalue weighted by atomic mass is 9.99. The molecular formula is C12H9NO3. The van der Waals surface area contributed by atoms with E-state index in [9.17, 15) is 9.59 Å². The number of nitrogens with zero attached hydrogens (tertiary/aromatic N) is 1. The first-order valence-corrected chi connectivity index (χ1v) is 4.49. The molecule has 1 rings (SSSR count). The summed E-state index contributed by atoms with van der Waals surface area (Å²) in [4.78, 5) is 21.0. The second-order valence-electron chi connectivity index (χ2n) is 3.20. The van der Waals surface area contributed by atoms with Crippen molar-refractivity contribution in [3.05, 3.63) is 40.5 Å². The third-order valence-corrected chi connectivity index (χ3v) is 2.04. The minimum absolute atomic E-state index is 0.378. The van der Waals surface area contributed by atoms with Gasteiger partial charge in [0.1, 0.15) is 12.4 Å². The Morgan fingerprint density at radius 2 is 2.19 bits per heavy atom. The molecule has 4 nitrogen and oxygen atoms in total. The lowest BCUT2D eigenvalue weighted by Crippen LogP contribution is -1.93. The number of aryl methyl sites for hydroxylation is 1. The Bertz CT molecular complexity index is 510. The number of nitriles is 1. The van der Waals surface area contributed by atoms with Crippen LogP contribution in [-0.2, 0) is 4.79 Å². The average Bonchev–Trinajstić information content (AvgIpc) is 2.25. The summed E-state index contributed by atoms with van der Waals surface area (Å²) in [7, 11) is 0. The van der Waals surface area contributed by atoms with E-state index in [0.717, 1.165) is 6.08 Å². The topological polar surface area (TPSA) is 78.2 Å². The summed E-state index contributed by atoms with van der Waals surface area (Å²) in [5, 5.41) is 17.4. The van der Waals surface area contributed by atoms with Crippen LogP contribution in [0.4, 0.5) is 0 Å². The third-order valence-electron chi connectivity index (χ3n) is 2.04. The van der Waals surface area contributed by atoms with Crippen LogP contribution in [0, 0.1) is 18.3 Å². The quantitative estimate of drug-likeness (QED) is 0.615. The zero-order valence-corrected chi connectivity index (χ0v) is 8.60. The molecule has 1 N–H and O–H groups in total. The molecule has 0 aliphatic carbocycles. The molecule has 0 saturated heterocycles. The van der Waals surface area contributed by atoms with E-state index >= 15 is 0 Å². The van der Waals surface area contributed by atoms with Crippen LogP contribution in [0.1, 0.15) is 27.0 Å². The van der Waals surface area contributed by atoms with E-state index in [1.807, 2.05) is 6.07 Å². The van der Waals surface area contributed by atoms with Crippen molar-refractivity contribution in [3.8, 4) is 6.07 Å². The van der Waals surface area contributed by atoms with Crippen LogP contribution < -0.4 is 0 Å². The minimum Gasteiger partial charge on any atom is -0.478 e. The van der Waals surface area contributed by atoms with Gasteiger partial charge in [0.2, 0.25) is 0 Å². The van der Waals surface area contributed by atoms with Crippen LogP contribution in [0.2, 0.25) is 0 Å². The highest BCUT2D eigenvalue weighted by Gasteiger charge is 2.05. The van der Waals surface area contributed by atoms with Crippen molar-refractivity contribution in [2.24, 2.45) is 0 Å². The summed E-state index contributed by atoms with van der Waals surface area (Å²) in [6.45, 7) is 1.70. The summed E-state index contributed by atoms with van der Waals surface area (Å²) in [6, 6.07) is 5.05. The maximum absolute atomic E-state index is 10.6. The highest BCUT2D eigenvalue weighted by Crippen LogP contribution is 2.17. The molecule has 1 aromatic carbocycles. The van der Waals surface area contributed by atoms with Gasteiger partial charge in [-0.2, -0.15) is 5.26 Å². The number of carbonyl (C=O) groups excluding carboxylic acids is 1. The number of carbonyl (C=O) groups is 2. The van der Waals surface area contributed by atoms with E-state index < -0.39 is 5.97 Å². The number of aldehydes is 1. The Morgan fingerprint density at radius 1 is 1.50 bits per heavy atom. The molecule has 16 heavy (non-hydrogen) atoms. The van der Waals surface area contributed by atoms with Gasteiger partial charge in [0.25, 0.3) is 0 Å². The van der Waals surface area contributed by atoms with Crippen LogP contribution in [0.3, 0.4) is 0 Å². The zero-order chi connectivity index (χ0) is 12.1.